The van der Waals surface area contributed by atoms with Crippen molar-refractivity contribution in [1.82, 2.24) is 15.3 Å². The van der Waals surface area contributed by atoms with Gasteiger partial charge in [-0.3, -0.25) is 4.79 Å². The summed E-state index contributed by atoms with van der Waals surface area (Å²) < 4.78 is 29.2. The number of carbonyl (C=O) groups excluding carboxylic acids is 2. The molecular weight excluding hydrogens is 532 g/mol. The first kappa shape index (κ1) is 29.2. The van der Waals surface area contributed by atoms with Crippen LogP contribution in [0.4, 0.5) is 5.95 Å². The van der Waals surface area contributed by atoms with E-state index in [1.54, 1.807) is 32.0 Å². The molecule has 0 bridgehead atoms. The van der Waals surface area contributed by atoms with Crippen molar-refractivity contribution in [1.29, 1.82) is 0 Å². The fraction of sp³-hybridized carbons (Fsp3) is 0.379. The van der Waals surface area contributed by atoms with E-state index in [2.05, 4.69) is 22.2 Å². The smallest absolute Gasteiger partial charge is 0.341 e. The molecule has 2 N–H and O–H groups in total. The first-order chi connectivity index (χ1) is 19.2. The van der Waals surface area contributed by atoms with Crippen LogP contribution in [0.3, 0.4) is 0 Å². The number of nitrogens with zero attached hydrogens (tertiary/aromatic N) is 3. The van der Waals surface area contributed by atoms with Crippen molar-refractivity contribution in [2.45, 2.75) is 50.6 Å². The summed E-state index contributed by atoms with van der Waals surface area (Å²) in [7, 11) is -3.35. The highest BCUT2D eigenvalue weighted by atomic mass is 32.2. The first-order valence-corrected chi connectivity index (χ1v) is 15.0. The van der Waals surface area contributed by atoms with Crippen LogP contribution in [-0.2, 0) is 21.1 Å². The SMILES string of the molecule is CCOC(=O)c1cnc(N2Cc3cc(C(=O)N[C@@H](CO)c4ccc(S(=O)(=O)CC)cc4)ccc3C(CC)C2)nc1. The summed E-state index contributed by atoms with van der Waals surface area (Å²) in [6.45, 7) is 6.53. The predicted molar refractivity (Wildman–Crippen MR) is 150 cm³/mol. The second-order valence-electron chi connectivity index (χ2n) is 9.57. The lowest BCUT2D eigenvalue weighted by Crippen LogP contribution is -2.35. The summed E-state index contributed by atoms with van der Waals surface area (Å²) in [5.41, 5.74) is 3.46. The van der Waals surface area contributed by atoms with E-state index in [4.69, 9.17) is 4.74 Å². The fourth-order valence-corrected chi connectivity index (χ4v) is 5.66. The minimum atomic E-state index is -3.35. The van der Waals surface area contributed by atoms with Gasteiger partial charge in [-0.25, -0.2) is 23.2 Å². The van der Waals surface area contributed by atoms with Crippen LogP contribution in [0.5, 0.6) is 0 Å². The maximum atomic E-state index is 13.2. The Bertz CT molecular complexity index is 1460. The topological polar surface area (TPSA) is 139 Å². The molecule has 40 heavy (non-hydrogen) atoms. The van der Waals surface area contributed by atoms with E-state index in [9.17, 15) is 23.1 Å². The largest absolute Gasteiger partial charge is 0.462 e. The number of rotatable bonds is 10. The van der Waals surface area contributed by atoms with Crippen molar-refractivity contribution in [3.05, 3.63) is 82.7 Å². The number of benzene rings is 2. The van der Waals surface area contributed by atoms with E-state index in [0.717, 1.165) is 17.5 Å². The van der Waals surface area contributed by atoms with Crippen LogP contribution < -0.4 is 10.2 Å². The predicted octanol–water partition coefficient (Wildman–Crippen LogP) is 3.42. The number of hydrogen-bond donors (Lipinski definition) is 2. The third-order valence-electron chi connectivity index (χ3n) is 7.08. The summed E-state index contributed by atoms with van der Waals surface area (Å²) in [5, 5.41) is 12.8. The van der Waals surface area contributed by atoms with E-state index in [1.807, 2.05) is 17.0 Å². The molecular formula is C29H34N4O6S. The van der Waals surface area contributed by atoms with Gasteiger partial charge in [0.15, 0.2) is 9.84 Å². The number of hydrogen-bond acceptors (Lipinski definition) is 9. The van der Waals surface area contributed by atoms with Gasteiger partial charge in [0.25, 0.3) is 5.91 Å². The minimum absolute atomic E-state index is 0.00775. The monoisotopic (exact) mass is 566 g/mol. The molecule has 0 aliphatic carbocycles. The van der Waals surface area contributed by atoms with Gasteiger partial charge in [-0.1, -0.05) is 32.0 Å². The van der Waals surface area contributed by atoms with Gasteiger partial charge in [0.05, 0.1) is 35.5 Å². The highest BCUT2D eigenvalue weighted by Crippen LogP contribution is 2.33. The summed E-state index contributed by atoms with van der Waals surface area (Å²) in [4.78, 5) is 36.2. The number of aliphatic hydroxyl groups excluding tert-OH is 1. The van der Waals surface area contributed by atoms with E-state index in [1.165, 1.54) is 24.5 Å². The Morgan fingerprint density at radius 2 is 1.77 bits per heavy atom. The van der Waals surface area contributed by atoms with Crippen molar-refractivity contribution in [2.75, 3.05) is 30.4 Å². The Morgan fingerprint density at radius 1 is 1.07 bits per heavy atom. The van der Waals surface area contributed by atoms with E-state index in [0.29, 0.717) is 30.2 Å². The van der Waals surface area contributed by atoms with Crippen LogP contribution in [0.15, 0.2) is 59.8 Å². The number of carbonyl (C=O) groups is 2. The van der Waals surface area contributed by atoms with E-state index in [-0.39, 0.29) is 41.3 Å². The lowest BCUT2D eigenvalue weighted by Gasteiger charge is -2.34. The van der Waals surface area contributed by atoms with E-state index < -0.39 is 21.8 Å². The normalized spacial score (nSPS) is 15.7. The Balaban J connectivity index is 1.52. The molecule has 10 nitrogen and oxygen atoms in total. The van der Waals surface area contributed by atoms with Gasteiger partial charge >= 0.3 is 5.97 Å². The lowest BCUT2D eigenvalue weighted by atomic mass is 9.87. The minimum Gasteiger partial charge on any atom is -0.462 e. The van der Waals surface area contributed by atoms with Gasteiger partial charge in [0.2, 0.25) is 5.95 Å². The number of nitrogens with one attached hydrogen (secondary N) is 1. The standard InChI is InChI=1S/C29H34N4O6S/c1-4-19-16-33(29-30-14-23(15-31-29)28(36)39-5-2)17-22-13-21(9-12-25(19)22)27(35)32-26(18-34)20-7-10-24(11-8-20)40(37,38)6-3/h7-15,19,26,34H,4-6,16-18H2,1-3H3,(H,32,35)/t19?,26-/m0/s1. The van der Waals surface area contributed by atoms with Crippen molar-refractivity contribution in [3.8, 4) is 0 Å². The number of anilines is 1. The van der Waals surface area contributed by atoms with Crippen LogP contribution in [0.25, 0.3) is 0 Å². The molecule has 0 saturated carbocycles. The molecule has 3 aromatic rings. The quantitative estimate of drug-likeness (QED) is 0.353. The molecule has 212 valence electrons. The molecule has 4 rings (SSSR count). The molecule has 0 radical (unpaired) electrons. The Hall–Kier alpha value is -3.83. The molecule has 0 saturated heterocycles. The molecule has 2 heterocycles. The van der Waals surface area contributed by atoms with Crippen LogP contribution in [0, 0.1) is 0 Å². The summed E-state index contributed by atoms with van der Waals surface area (Å²) in [6, 6.07) is 11.1. The number of amides is 1. The number of aliphatic hydroxyl groups is 1. The van der Waals surface area contributed by atoms with Crippen molar-refractivity contribution >= 4 is 27.7 Å². The van der Waals surface area contributed by atoms with Gasteiger partial charge in [-0.2, -0.15) is 0 Å². The zero-order valence-corrected chi connectivity index (χ0v) is 23.6. The molecule has 2 atom stereocenters. The first-order valence-electron chi connectivity index (χ1n) is 13.3. The average molecular weight is 567 g/mol. The van der Waals surface area contributed by atoms with E-state index >= 15 is 0 Å². The molecule has 1 aliphatic rings. The zero-order chi connectivity index (χ0) is 28.9. The molecule has 0 fully saturated rings. The summed E-state index contributed by atoms with van der Waals surface area (Å²) in [5.74, 6) is -0.139. The lowest BCUT2D eigenvalue weighted by molar-refractivity contribution is 0.0525. The van der Waals surface area contributed by atoms with Gasteiger partial charge in [0.1, 0.15) is 0 Å². The zero-order valence-electron chi connectivity index (χ0n) is 22.8. The molecule has 1 aliphatic heterocycles. The van der Waals surface area contributed by atoms with Crippen LogP contribution >= 0.6 is 0 Å². The molecule has 1 amide bonds. The number of fused-ring (bicyclic) bond motifs is 1. The van der Waals surface area contributed by atoms with Gasteiger partial charge in [0, 0.05) is 37.0 Å². The summed E-state index contributed by atoms with van der Waals surface area (Å²) >= 11 is 0. The highest BCUT2D eigenvalue weighted by Gasteiger charge is 2.27. The fourth-order valence-electron chi connectivity index (χ4n) is 4.77. The van der Waals surface area contributed by atoms with Crippen LogP contribution in [0.2, 0.25) is 0 Å². The second kappa shape index (κ2) is 12.6. The molecule has 11 heteroatoms. The number of esters is 1. The number of sulfone groups is 1. The van der Waals surface area contributed by atoms with Crippen molar-refractivity contribution < 1.29 is 27.9 Å². The number of ether oxygens (including phenoxy) is 1. The Labute approximate surface area is 234 Å². The molecule has 1 aromatic heterocycles. The third-order valence-corrected chi connectivity index (χ3v) is 8.83. The van der Waals surface area contributed by atoms with Crippen molar-refractivity contribution in [2.24, 2.45) is 0 Å². The second-order valence-corrected chi connectivity index (χ2v) is 11.9. The Morgan fingerprint density at radius 3 is 2.38 bits per heavy atom. The molecule has 2 aromatic carbocycles. The molecule has 0 spiro atoms. The van der Waals surface area contributed by atoms with Gasteiger partial charge in [-0.05, 0) is 54.3 Å². The highest BCUT2D eigenvalue weighted by molar-refractivity contribution is 7.91. The van der Waals surface area contributed by atoms with Crippen LogP contribution in [0.1, 0.15) is 76.6 Å². The summed E-state index contributed by atoms with van der Waals surface area (Å²) in [6.07, 6.45) is 3.80. The number of aromatic nitrogens is 2. The third kappa shape index (κ3) is 6.31. The Kier molecular flexibility index (Phi) is 9.16. The maximum absolute atomic E-state index is 13.2. The van der Waals surface area contributed by atoms with Crippen LogP contribution in [-0.4, -0.2) is 60.9 Å². The van der Waals surface area contributed by atoms with Gasteiger partial charge < -0.3 is 20.1 Å². The average Bonchev–Trinajstić information content (AvgIpc) is 2.99. The molecule has 1 unspecified atom stereocenters. The van der Waals surface area contributed by atoms with Gasteiger partial charge in [-0.15, -0.1) is 0 Å². The maximum Gasteiger partial charge on any atom is 0.341 e. The van der Waals surface area contributed by atoms with Crippen molar-refractivity contribution in [3.63, 3.8) is 0 Å².